The third-order valence-corrected chi connectivity index (χ3v) is 4.74. The topological polar surface area (TPSA) is 61.6 Å². The van der Waals surface area contributed by atoms with Gasteiger partial charge in [-0.25, -0.2) is 9.97 Å². The number of hydrogen-bond acceptors (Lipinski definition) is 5. The lowest BCUT2D eigenvalue weighted by atomic mass is 10.1. The highest BCUT2D eigenvalue weighted by molar-refractivity contribution is 7.18. The molecule has 0 saturated carbocycles. The maximum absolute atomic E-state index is 8.72. The standard InChI is InChI=1S/C17H16N4S/c1-10-11(2)22-17-15(10)16(19-12(3)20-17)21-14-6-4-13(5-7-14)8-9-18/h4-7H,8H2,1-3H3,(H,19,20,21). The Balaban J connectivity index is 2.01. The molecule has 4 nitrogen and oxygen atoms in total. The van der Waals surface area contributed by atoms with Gasteiger partial charge in [-0.15, -0.1) is 11.3 Å². The normalized spacial score (nSPS) is 10.6. The first-order chi connectivity index (χ1) is 10.6. The van der Waals surface area contributed by atoms with Gasteiger partial charge in [0.2, 0.25) is 0 Å². The second-order valence-electron chi connectivity index (χ2n) is 5.24. The molecule has 0 fully saturated rings. The smallest absolute Gasteiger partial charge is 0.143 e. The zero-order chi connectivity index (χ0) is 15.7. The van der Waals surface area contributed by atoms with Crippen molar-refractivity contribution in [1.82, 2.24) is 9.97 Å². The lowest BCUT2D eigenvalue weighted by Gasteiger charge is -2.09. The molecule has 0 spiro atoms. The highest BCUT2D eigenvalue weighted by Gasteiger charge is 2.13. The Morgan fingerprint density at radius 1 is 1.14 bits per heavy atom. The van der Waals surface area contributed by atoms with Crippen molar-refractivity contribution in [3.63, 3.8) is 0 Å². The molecule has 2 heterocycles. The first kappa shape index (κ1) is 14.5. The van der Waals surface area contributed by atoms with Crippen LogP contribution >= 0.6 is 11.3 Å². The first-order valence-corrected chi connectivity index (χ1v) is 7.87. The van der Waals surface area contributed by atoms with Crippen LogP contribution < -0.4 is 5.32 Å². The fourth-order valence-corrected chi connectivity index (χ4v) is 3.46. The third kappa shape index (κ3) is 2.66. The van der Waals surface area contributed by atoms with Crippen molar-refractivity contribution >= 4 is 33.1 Å². The molecule has 0 aliphatic heterocycles. The van der Waals surface area contributed by atoms with Gasteiger partial charge in [-0.2, -0.15) is 5.26 Å². The molecule has 1 N–H and O–H groups in total. The second-order valence-corrected chi connectivity index (χ2v) is 6.44. The maximum atomic E-state index is 8.72. The van der Waals surface area contributed by atoms with Crippen LogP contribution in [0.3, 0.4) is 0 Å². The van der Waals surface area contributed by atoms with Crippen molar-refractivity contribution in [3.05, 3.63) is 46.1 Å². The number of rotatable bonds is 3. The molecule has 3 rings (SSSR count). The minimum Gasteiger partial charge on any atom is -0.340 e. The van der Waals surface area contributed by atoms with Crippen LogP contribution in [0.25, 0.3) is 10.2 Å². The van der Waals surface area contributed by atoms with E-state index in [2.05, 4.69) is 35.2 Å². The van der Waals surface area contributed by atoms with Crippen molar-refractivity contribution in [2.45, 2.75) is 27.2 Å². The van der Waals surface area contributed by atoms with Gasteiger partial charge in [0, 0.05) is 10.6 Å². The molecule has 0 atom stereocenters. The first-order valence-electron chi connectivity index (χ1n) is 7.05. The summed E-state index contributed by atoms with van der Waals surface area (Å²) in [5, 5.41) is 13.2. The number of aryl methyl sites for hydroxylation is 3. The Labute approximate surface area is 133 Å². The Kier molecular flexibility index (Phi) is 3.78. The maximum Gasteiger partial charge on any atom is 0.143 e. The van der Waals surface area contributed by atoms with E-state index in [1.54, 1.807) is 11.3 Å². The van der Waals surface area contributed by atoms with Gasteiger partial charge in [0.05, 0.1) is 17.9 Å². The fourth-order valence-electron chi connectivity index (χ4n) is 2.38. The molecule has 0 aliphatic carbocycles. The van der Waals surface area contributed by atoms with Gasteiger partial charge < -0.3 is 5.32 Å². The largest absolute Gasteiger partial charge is 0.340 e. The monoisotopic (exact) mass is 308 g/mol. The van der Waals surface area contributed by atoms with Crippen molar-refractivity contribution in [2.24, 2.45) is 0 Å². The summed E-state index contributed by atoms with van der Waals surface area (Å²) in [5.74, 6) is 1.61. The van der Waals surface area contributed by atoms with E-state index in [9.17, 15) is 0 Å². The lowest BCUT2D eigenvalue weighted by Crippen LogP contribution is -1.98. The quantitative estimate of drug-likeness (QED) is 0.777. The zero-order valence-corrected chi connectivity index (χ0v) is 13.6. The number of hydrogen-bond donors (Lipinski definition) is 1. The zero-order valence-electron chi connectivity index (χ0n) is 12.8. The number of aromatic nitrogens is 2. The van der Waals surface area contributed by atoms with Gasteiger partial charge in [-0.3, -0.25) is 0 Å². The van der Waals surface area contributed by atoms with Crippen molar-refractivity contribution in [2.75, 3.05) is 5.32 Å². The summed E-state index contributed by atoms with van der Waals surface area (Å²) in [6, 6.07) is 10.0. The molecule has 22 heavy (non-hydrogen) atoms. The van der Waals surface area contributed by atoms with Crippen LogP contribution in [0.2, 0.25) is 0 Å². The van der Waals surface area contributed by atoms with Gasteiger partial charge in [0.15, 0.2) is 0 Å². The molecule has 3 aromatic rings. The number of fused-ring (bicyclic) bond motifs is 1. The molecule has 1 aromatic carbocycles. The van der Waals surface area contributed by atoms with Crippen LogP contribution in [0.4, 0.5) is 11.5 Å². The summed E-state index contributed by atoms with van der Waals surface area (Å²) in [6.45, 7) is 6.12. The van der Waals surface area contributed by atoms with Gasteiger partial charge in [0.1, 0.15) is 16.5 Å². The van der Waals surface area contributed by atoms with E-state index >= 15 is 0 Å². The van der Waals surface area contributed by atoms with E-state index in [0.29, 0.717) is 6.42 Å². The van der Waals surface area contributed by atoms with Gasteiger partial charge in [0.25, 0.3) is 0 Å². The summed E-state index contributed by atoms with van der Waals surface area (Å²) in [6.07, 6.45) is 0.431. The van der Waals surface area contributed by atoms with Crippen LogP contribution in [-0.4, -0.2) is 9.97 Å². The molecule has 2 aromatic heterocycles. The van der Waals surface area contributed by atoms with E-state index < -0.39 is 0 Å². The molecule has 0 unspecified atom stereocenters. The van der Waals surface area contributed by atoms with Crippen molar-refractivity contribution in [3.8, 4) is 6.07 Å². The van der Waals surface area contributed by atoms with E-state index in [-0.39, 0.29) is 0 Å². The highest BCUT2D eigenvalue weighted by atomic mass is 32.1. The molecule has 110 valence electrons. The molecule has 0 bridgehead atoms. The van der Waals surface area contributed by atoms with E-state index in [1.807, 2.05) is 31.2 Å². The number of nitrogens with zero attached hydrogens (tertiary/aromatic N) is 3. The number of thiophene rings is 1. The fraction of sp³-hybridized carbons (Fsp3) is 0.235. The SMILES string of the molecule is Cc1nc(Nc2ccc(CC#N)cc2)c2c(C)c(C)sc2n1. The van der Waals surface area contributed by atoms with Gasteiger partial charge >= 0.3 is 0 Å². The number of nitrogens with one attached hydrogen (secondary N) is 1. The summed E-state index contributed by atoms with van der Waals surface area (Å²) >= 11 is 1.70. The molecule has 5 heteroatoms. The van der Waals surface area contributed by atoms with E-state index in [1.165, 1.54) is 10.4 Å². The third-order valence-electron chi connectivity index (χ3n) is 3.64. The highest BCUT2D eigenvalue weighted by Crippen LogP contribution is 2.34. The molecular formula is C17H16N4S. The van der Waals surface area contributed by atoms with Gasteiger partial charge in [-0.05, 0) is 44.0 Å². The minimum atomic E-state index is 0.431. The van der Waals surface area contributed by atoms with Crippen molar-refractivity contribution < 1.29 is 0 Å². The minimum absolute atomic E-state index is 0.431. The second kappa shape index (κ2) is 5.74. The number of anilines is 2. The average molecular weight is 308 g/mol. The van der Waals surface area contributed by atoms with Crippen LogP contribution in [0.1, 0.15) is 21.8 Å². The average Bonchev–Trinajstić information content (AvgIpc) is 2.76. The lowest BCUT2D eigenvalue weighted by molar-refractivity contribution is 1.10. The summed E-state index contributed by atoms with van der Waals surface area (Å²) < 4.78 is 0. The van der Waals surface area contributed by atoms with Crippen LogP contribution in [0.5, 0.6) is 0 Å². The summed E-state index contributed by atoms with van der Waals surface area (Å²) in [4.78, 5) is 11.4. The van der Waals surface area contributed by atoms with Crippen LogP contribution in [-0.2, 0) is 6.42 Å². The Hall–Kier alpha value is -2.45. The molecule has 0 saturated heterocycles. The van der Waals surface area contributed by atoms with E-state index in [4.69, 9.17) is 5.26 Å². The molecule has 0 amide bonds. The molecular weight excluding hydrogens is 292 g/mol. The Bertz CT molecular complexity index is 872. The van der Waals surface area contributed by atoms with Crippen LogP contribution in [0, 0.1) is 32.1 Å². The molecule has 0 radical (unpaired) electrons. The number of benzene rings is 1. The predicted octanol–water partition coefficient (Wildman–Crippen LogP) is 4.43. The van der Waals surface area contributed by atoms with Crippen LogP contribution in [0.15, 0.2) is 24.3 Å². The summed E-state index contributed by atoms with van der Waals surface area (Å²) in [5.41, 5.74) is 3.20. The predicted molar refractivity (Wildman–Crippen MR) is 90.7 cm³/mol. The summed E-state index contributed by atoms with van der Waals surface area (Å²) in [7, 11) is 0. The van der Waals surface area contributed by atoms with Gasteiger partial charge in [-0.1, -0.05) is 12.1 Å². The van der Waals surface area contributed by atoms with Crippen molar-refractivity contribution in [1.29, 1.82) is 5.26 Å². The van der Waals surface area contributed by atoms with E-state index in [0.717, 1.165) is 33.1 Å². The Morgan fingerprint density at radius 3 is 2.55 bits per heavy atom. The Morgan fingerprint density at radius 2 is 1.86 bits per heavy atom. The number of nitriles is 1. The molecule has 0 aliphatic rings.